The number of hydrogen-bond donors (Lipinski definition) is 0. The predicted molar refractivity (Wildman–Crippen MR) is 90.5 cm³/mol. The average molecular weight is 360 g/mol. The zero-order valence-electron chi connectivity index (χ0n) is 13.5. The summed E-state index contributed by atoms with van der Waals surface area (Å²) in [5.74, 6) is -2.03. The van der Waals surface area contributed by atoms with E-state index in [1.165, 1.54) is 6.07 Å². The summed E-state index contributed by atoms with van der Waals surface area (Å²) in [6.45, 7) is 3.60. The number of aromatic nitrogens is 2. The van der Waals surface area contributed by atoms with Crippen molar-refractivity contribution in [3.8, 4) is 11.5 Å². The van der Waals surface area contributed by atoms with Crippen LogP contribution in [0.5, 0.6) is 0 Å². The first-order valence-corrected chi connectivity index (χ1v) is 8.38. The Morgan fingerprint density at radius 3 is 2.64 bits per heavy atom. The quantitative estimate of drug-likeness (QED) is 0.488. The van der Waals surface area contributed by atoms with Crippen LogP contribution in [0.3, 0.4) is 0 Å². The third kappa shape index (κ3) is 3.93. The van der Waals surface area contributed by atoms with E-state index >= 15 is 0 Å². The molecule has 0 unspecified atom stereocenters. The molecule has 0 spiro atoms. The summed E-state index contributed by atoms with van der Waals surface area (Å²) in [5.41, 5.74) is 1.95. The number of carbonyl (C=O) groups is 1. The minimum absolute atomic E-state index is 0.0947. The van der Waals surface area contributed by atoms with Crippen molar-refractivity contribution in [1.29, 1.82) is 0 Å². The number of carbonyl (C=O) groups excluding carboxylic acids is 1. The topological polar surface area (TPSA) is 56.0 Å². The van der Waals surface area contributed by atoms with Gasteiger partial charge in [-0.3, -0.25) is 4.79 Å². The molecule has 0 radical (unpaired) electrons. The lowest BCUT2D eigenvalue weighted by molar-refractivity contribution is 0.0993. The van der Waals surface area contributed by atoms with Gasteiger partial charge in [0.1, 0.15) is 0 Å². The summed E-state index contributed by atoms with van der Waals surface area (Å²) >= 11 is 1.07. The molecule has 0 saturated carbocycles. The molecule has 1 aromatic heterocycles. The maximum Gasteiger partial charge on any atom is 0.277 e. The van der Waals surface area contributed by atoms with Crippen LogP contribution >= 0.6 is 11.8 Å². The summed E-state index contributed by atoms with van der Waals surface area (Å²) < 4.78 is 31.8. The summed E-state index contributed by atoms with van der Waals surface area (Å²) in [6.07, 6.45) is 0. The Bertz CT molecular complexity index is 927. The molecule has 0 aliphatic heterocycles. The van der Waals surface area contributed by atoms with Gasteiger partial charge in [-0.1, -0.05) is 29.5 Å². The molecule has 3 aromatic rings. The lowest BCUT2D eigenvalue weighted by Crippen LogP contribution is -2.14. The highest BCUT2D eigenvalue weighted by Gasteiger charge is 2.21. The fraction of sp³-hybridized carbons (Fsp3) is 0.167. The number of nitrogens with zero attached hydrogens (tertiary/aromatic N) is 2. The third-order valence-electron chi connectivity index (χ3n) is 3.52. The van der Waals surface area contributed by atoms with Gasteiger partial charge in [0.05, 0.1) is 5.25 Å². The Labute approximate surface area is 147 Å². The summed E-state index contributed by atoms with van der Waals surface area (Å²) in [5, 5.41) is 7.56. The number of ketones is 1. The Kier molecular flexibility index (Phi) is 4.94. The first-order chi connectivity index (χ1) is 11.9. The van der Waals surface area contributed by atoms with Gasteiger partial charge < -0.3 is 4.42 Å². The summed E-state index contributed by atoms with van der Waals surface area (Å²) in [4.78, 5) is 12.3. The molecular weight excluding hydrogens is 346 g/mol. The second-order valence-corrected chi connectivity index (χ2v) is 6.79. The fourth-order valence-electron chi connectivity index (χ4n) is 2.24. The normalized spacial score (nSPS) is 12.2. The van der Waals surface area contributed by atoms with Crippen LogP contribution in [-0.4, -0.2) is 21.2 Å². The molecule has 4 nitrogen and oxygen atoms in total. The van der Waals surface area contributed by atoms with Crippen LogP contribution in [0.2, 0.25) is 0 Å². The van der Waals surface area contributed by atoms with E-state index in [4.69, 9.17) is 4.42 Å². The molecule has 0 amide bonds. The zero-order chi connectivity index (χ0) is 18.0. The number of rotatable bonds is 5. The van der Waals surface area contributed by atoms with E-state index in [1.54, 1.807) is 6.92 Å². The van der Waals surface area contributed by atoms with Gasteiger partial charge in [0, 0.05) is 11.1 Å². The first kappa shape index (κ1) is 17.3. The minimum atomic E-state index is -1.05. The standard InChI is InChI=1S/C18H14F2N2O2S/c1-10-4-3-5-13(8-10)17-21-22-18(24-17)25-11(2)16(23)12-6-7-14(19)15(20)9-12/h3-9,11H,1-2H3/t11-/m1/s1. The van der Waals surface area contributed by atoms with Crippen molar-refractivity contribution < 1.29 is 18.0 Å². The van der Waals surface area contributed by atoms with E-state index < -0.39 is 16.9 Å². The zero-order valence-corrected chi connectivity index (χ0v) is 14.3. The number of benzene rings is 2. The highest BCUT2D eigenvalue weighted by molar-refractivity contribution is 8.00. The molecule has 0 bridgehead atoms. The van der Waals surface area contributed by atoms with Gasteiger partial charge in [-0.05, 0) is 44.2 Å². The minimum Gasteiger partial charge on any atom is -0.411 e. The van der Waals surface area contributed by atoms with Crippen molar-refractivity contribution in [1.82, 2.24) is 10.2 Å². The van der Waals surface area contributed by atoms with Crippen LogP contribution in [0, 0.1) is 18.6 Å². The number of Topliss-reactive ketones (excluding diaryl/α,β-unsaturated/α-hetero) is 1. The molecule has 0 aliphatic rings. The molecule has 128 valence electrons. The molecule has 1 atom stereocenters. The molecule has 3 rings (SSSR count). The SMILES string of the molecule is Cc1cccc(-c2nnc(S[C@H](C)C(=O)c3ccc(F)c(F)c3)o2)c1. The van der Waals surface area contributed by atoms with Crippen LogP contribution in [0.4, 0.5) is 8.78 Å². The van der Waals surface area contributed by atoms with Gasteiger partial charge in [-0.25, -0.2) is 8.78 Å². The first-order valence-electron chi connectivity index (χ1n) is 7.50. The molecule has 1 heterocycles. The van der Waals surface area contributed by atoms with Gasteiger partial charge >= 0.3 is 0 Å². The van der Waals surface area contributed by atoms with E-state index in [-0.39, 0.29) is 16.6 Å². The van der Waals surface area contributed by atoms with Gasteiger partial charge in [0.2, 0.25) is 5.89 Å². The third-order valence-corrected chi connectivity index (χ3v) is 4.46. The number of thioether (sulfide) groups is 1. The second-order valence-electron chi connectivity index (χ2n) is 5.50. The second kappa shape index (κ2) is 7.14. The predicted octanol–water partition coefficient (Wildman–Crippen LogP) is 4.69. The van der Waals surface area contributed by atoms with Crippen LogP contribution < -0.4 is 0 Å². The maximum absolute atomic E-state index is 13.3. The molecule has 0 fully saturated rings. The van der Waals surface area contributed by atoms with Gasteiger partial charge in [0.25, 0.3) is 5.22 Å². The van der Waals surface area contributed by atoms with Crippen molar-refractivity contribution in [3.63, 3.8) is 0 Å². The summed E-state index contributed by atoms with van der Waals surface area (Å²) in [6, 6.07) is 10.7. The molecular formula is C18H14F2N2O2S. The Morgan fingerprint density at radius 2 is 1.92 bits per heavy atom. The van der Waals surface area contributed by atoms with Crippen molar-refractivity contribution in [2.75, 3.05) is 0 Å². The van der Waals surface area contributed by atoms with E-state index in [0.29, 0.717) is 5.89 Å². The number of halogens is 2. The van der Waals surface area contributed by atoms with E-state index in [1.807, 2.05) is 31.2 Å². The Balaban J connectivity index is 1.74. The monoisotopic (exact) mass is 360 g/mol. The van der Waals surface area contributed by atoms with Gasteiger partial charge in [0.15, 0.2) is 17.4 Å². The van der Waals surface area contributed by atoms with Crippen LogP contribution in [0.1, 0.15) is 22.8 Å². The van der Waals surface area contributed by atoms with Gasteiger partial charge in [-0.15, -0.1) is 10.2 Å². The largest absolute Gasteiger partial charge is 0.411 e. The molecule has 0 aliphatic carbocycles. The van der Waals surface area contributed by atoms with Crippen LogP contribution in [-0.2, 0) is 0 Å². The lowest BCUT2D eigenvalue weighted by atomic mass is 10.1. The maximum atomic E-state index is 13.3. The van der Waals surface area contributed by atoms with Crippen molar-refractivity contribution >= 4 is 17.5 Å². The molecule has 7 heteroatoms. The van der Waals surface area contributed by atoms with Crippen molar-refractivity contribution in [3.05, 3.63) is 65.2 Å². The fourth-order valence-corrected chi connectivity index (χ4v) is 3.00. The molecule has 25 heavy (non-hydrogen) atoms. The van der Waals surface area contributed by atoms with E-state index in [2.05, 4.69) is 10.2 Å². The number of aryl methyl sites for hydroxylation is 1. The highest BCUT2D eigenvalue weighted by Crippen LogP contribution is 2.28. The van der Waals surface area contributed by atoms with E-state index in [0.717, 1.165) is 35.0 Å². The van der Waals surface area contributed by atoms with Gasteiger partial charge in [-0.2, -0.15) is 0 Å². The van der Waals surface area contributed by atoms with E-state index in [9.17, 15) is 13.6 Å². The smallest absolute Gasteiger partial charge is 0.277 e. The number of hydrogen-bond acceptors (Lipinski definition) is 5. The average Bonchev–Trinajstić information content (AvgIpc) is 3.05. The summed E-state index contributed by atoms with van der Waals surface area (Å²) in [7, 11) is 0. The lowest BCUT2D eigenvalue weighted by Gasteiger charge is -2.07. The van der Waals surface area contributed by atoms with Crippen LogP contribution in [0.25, 0.3) is 11.5 Å². The van der Waals surface area contributed by atoms with Crippen molar-refractivity contribution in [2.45, 2.75) is 24.3 Å². The Morgan fingerprint density at radius 1 is 1.12 bits per heavy atom. The molecule has 0 N–H and O–H groups in total. The Hall–Kier alpha value is -2.54. The van der Waals surface area contributed by atoms with Crippen LogP contribution in [0.15, 0.2) is 52.1 Å². The molecule has 2 aromatic carbocycles. The highest BCUT2D eigenvalue weighted by atomic mass is 32.2. The van der Waals surface area contributed by atoms with Crippen molar-refractivity contribution in [2.24, 2.45) is 0 Å². The molecule has 0 saturated heterocycles.